The third-order valence-corrected chi connectivity index (χ3v) is 14.0. The molecular formula is C72H90. The van der Waals surface area contributed by atoms with Crippen molar-refractivity contribution in [2.45, 2.75) is 222 Å². The van der Waals surface area contributed by atoms with Gasteiger partial charge in [-0.15, -0.1) is 0 Å². The third kappa shape index (κ3) is 19.1. The van der Waals surface area contributed by atoms with E-state index in [9.17, 15) is 0 Å². The predicted octanol–water partition coefficient (Wildman–Crippen LogP) is 18.8. The highest BCUT2D eigenvalue weighted by Gasteiger charge is 2.12. The molecule has 0 aromatic heterocycles. The molecule has 0 heterocycles. The van der Waals surface area contributed by atoms with Crippen molar-refractivity contribution in [3.8, 4) is 47.4 Å². The van der Waals surface area contributed by atoms with Crippen molar-refractivity contribution in [1.82, 2.24) is 0 Å². The maximum atomic E-state index is 3.74. The summed E-state index contributed by atoms with van der Waals surface area (Å²) in [5, 5.41) is 0. The first-order valence-corrected chi connectivity index (χ1v) is 29.1. The fourth-order valence-electron chi connectivity index (χ4n) is 9.90. The predicted molar refractivity (Wildman–Crippen MR) is 314 cm³/mol. The van der Waals surface area contributed by atoms with Crippen molar-refractivity contribution >= 4 is 0 Å². The average Bonchev–Trinajstić information content (AvgIpc) is 3.39. The first-order chi connectivity index (χ1) is 35.4. The number of benzene rings is 5. The van der Waals surface area contributed by atoms with Gasteiger partial charge in [-0.2, -0.15) is 0 Å². The minimum atomic E-state index is 0.972. The number of aryl methyl sites for hydroxylation is 8. The highest BCUT2D eigenvalue weighted by Crippen LogP contribution is 2.25. The van der Waals surface area contributed by atoms with Gasteiger partial charge in [-0.25, -0.2) is 0 Å². The van der Waals surface area contributed by atoms with E-state index in [1.807, 2.05) is 0 Å². The summed E-state index contributed by atoms with van der Waals surface area (Å²) >= 11 is 0. The topological polar surface area (TPSA) is 0 Å². The van der Waals surface area contributed by atoms with Crippen LogP contribution in [0.2, 0.25) is 0 Å². The molecule has 0 radical (unpaired) electrons. The summed E-state index contributed by atoms with van der Waals surface area (Å²) in [6, 6.07) is 32.1. The van der Waals surface area contributed by atoms with E-state index in [0.717, 1.165) is 134 Å². The first kappa shape index (κ1) is 57.2. The standard InChI is InChI=1S/C72H90/c1-9-17-19-21-23-25-33-57-35-39-59(40-36-57)43-45-67-51-63(29-13-5)69(53-61(67)27-11-3)47-49-71-55-66(32-16-8)72(56-65(71)31-15-7)50-48-70-54-62(28-12-4)68(52-64(70)30-14-6)46-44-60-41-37-58(38-42-60)34-26-24-22-20-18-10-2/h35-42,51-56H,9-34H2,1-8H3. The molecule has 0 bridgehead atoms. The zero-order valence-electron chi connectivity index (χ0n) is 46.5. The summed E-state index contributed by atoms with van der Waals surface area (Å²) in [5.74, 6) is 29.2. The lowest BCUT2D eigenvalue weighted by atomic mass is 9.91. The highest BCUT2D eigenvalue weighted by molar-refractivity contribution is 5.60. The monoisotopic (exact) mass is 955 g/mol. The molecule has 0 spiro atoms. The quantitative estimate of drug-likeness (QED) is 0.0383. The Hall–Kier alpha value is -5.66. The number of hydrogen-bond acceptors (Lipinski definition) is 0. The van der Waals surface area contributed by atoms with E-state index < -0.39 is 0 Å². The third-order valence-electron chi connectivity index (χ3n) is 14.0. The highest BCUT2D eigenvalue weighted by atomic mass is 14.2. The minimum Gasteiger partial charge on any atom is -0.0654 e. The van der Waals surface area contributed by atoms with Crippen LogP contribution < -0.4 is 0 Å². The zero-order valence-corrected chi connectivity index (χ0v) is 46.5. The van der Waals surface area contributed by atoms with Gasteiger partial charge in [0.2, 0.25) is 0 Å². The Bertz CT molecular complexity index is 2480. The van der Waals surface area contributed by atoms with E-state index in [-0.39, 0.29) is 0 Å². The lowest BCUT2D eigenvalue weighted by Crippen LogP contribution is -2.00. The van der Waals surface area contributed by atoms with Crippen LogP contribution in [0.25, 0.3) is 0 Å². The lowest BCUT2D eigenvalue weighted by molar-refractivity contribution is 0.607. The lowest BCUT2D eigenvalue weighted by Gasteiger charge is -2.12. The second kappa shape index (κ2) is 33.1. The van der Waals surface area contributed by atoms with Gasteiger partial charge in [0.05, 0.1) is 0 Å². The Kier molecular flexibility index (Phi) is 26.3. The van der Waals surface area contributed by atoms with Gasteiger partial charge in [0.15, 0.2) is 0 Å². The SMILES string of the molecule is CCCCCCCCc1ccc(C#Cc2cc(CCC)c(C#Cc3cc(CCC)c(C#Cc4cc(CCC)c(C#Cc5ccc(CCCCCCCC)cc5)cc4CCC)cc3CCC)cc2CCC)cc1. The molecule has 0 fully saturated rings. The van der Waals surface area contributed by atoms with Crippen LogP contribution in [0.3, 0.4) is 0 Å². The summed E-state index contributed by atoms with van der Waals surface area (Å²) in [6.07, 6.45) is 30.5. The second-order valence-electron chi connectivity index (χ2n) is 20.4. The largest absolute Gasteiger partial charge is 0.0654 e. The molecule has 0 aliphatic rings. The molecule has 0 unspecified atom stereocenters. The van der Waals surface area contributed by atoms with Gasteiger partial charge in [-0.1, -0.05) is 230 Å². The van der Waals surface area contributed by atoms with Crippen LogP contribution in [-0.2, 0) is 51.4 Å². The number of hydrogen-bond donors (Lipinski definition) is 0. The van der Waals surface area contributed by atoms with E-state index in [2.05, 4.69) is 188 Å². The second-order valence-corrected chi connectivity index (χ2v) is 20.4. The van der Waals surface area contributed by atoms with Crippen molar-refractivity contribution in [2.24, 2.45) is 0 Å². The van der Waals surface area contributed by atoms with Crippen LogP contribution in [0.5, 0.6) is 0 Å². The van der Waals surface area contributed by atoms with Gasteiger partial charge in [0.1, 0.15) is 0 Å². The van der Waals surface area contributed by atoms with Crippen LogP contribution in [0.1, 0.15) is 260 Å². The fourth-order valence-corrected chi connectivity index (χ4v) is 9.90. The summed E-state index contributed by atoms with van der Waals surface area (Å²) in [7, 11) is 0. The average molecular weight is 956 g/mol. The van der Waals surface area contributed by atoms with Crippen LogP contribution >= 0.6 is 0 Å². The molecule has 0 N–H and O–H groups in total. The minimum absolute atomic E-state index is 0.972. The molecule has 5 aromatic rings. The molecular weight excluding hydrogens is 865 g/mol. The van der Waals surface area contributed by atoms with Crippen LogP contribution in [0.4, 0.5) is 0 Å². The fraction of sp³-hybridized carbons (Fsp3) is 0.472. The Morgan fingerprint density at radius 1 is 0.222 bits per heavy atom. The van der Waals surface area contributed by atoms with E-state index in [4.69, 9.17) is 0 Å². The molecule has 0 heteroatoms. The number of rotatable bonds is 26. The molecule has 0 saturated carbocycles. The Balaban J connectivity index is 1.42. The smallest absolute Gasteiger partial charge is 0.0284 e. The Labute approximate surface area is 441 Å². The molecule has 378 valence electrons. The van der Waals surface area contributed by atoms with Gasteiger partial charge >= 0.3 is 0 Å². The molecule has 5 aromatic carbocycles. The summed E-state index contributed by atoms with van der Waals surface area (Å²) < 4.78 is 0. The normalized spacial score (nSPS) is 10.7. The molecule has 0 nitrogen and oxygen atoms in total. The van der Waals surface area contributed by atoms with Crippen molar-refractivity contribution in [3.05, 3.63) is 174 Å². The first-order valence-electron chi connectivity index (χ1n) is 29.1. The van der Waals surface area contributed by atoms with Crippen molar-refractivity contribution in [2.75, 3.05) is 0 Å². The maximum Gasteiger partial charge on any atom is 0.0284 e. The van der Waals surface area contributed by atoms with Crippen molar-refractivity contribution in [1.29, 1.82) is 0 Å². The van der Waals surface area contributed by atoms with Crippen LogP contribution in [0, 0.1) is 47.4 Å². The molecule has 5 rings (SSSR count). The molecule has 0 aliphatic carbocycles. The van der Waals surface area contributed by atoms with Crippen LogP contribution in [-0.4, -0.2) is 0 Å². The zero-order chi connectivity index (χ0) is 51.2. The summed E-state index contributed by atoms with van der Waals surface area (Å²) in [6.45, 7) is 18.2. The summed E-state index contributed by atoms with van der Waals surface area (Å²) in [5.41, 5.74) is 19.6. The van der Waals surface area contributed by atoms with E-state index in [1.165, 1.54) is 122 Å². The molecule has 0 atom stereocenters. The van der Waals surface area contributed by atoms with Crippen LogP contribution in [0.15, 0.2) is 84.9 Å². The molecule has 0 aliphatic heterocycles. The van der Waals surface area contributed by atoms with Gasteiger partial charge in [0, 0.05) is 44.5 Å². The van der Waals surface area contributed by atoms with Gasteiger partial charge in [0.25, 0.3) is 0 Å². The Morgan fingerprint density at radius 2 is 0.444 bits per heavy atom. The van der Waals surface area contributed by atoms with E-state index >= 15 is 0 Å². The van der Waals surface area contributed by atoms with Crippen molar-refractivity contribution < 1.29 is 0 Å². The molecule has 72 heavy (non-hydrogen) atoms. The van der Waals surface area contributed by atoms with E-state index in [1.54, 1.807) is 0 Å². The van der Waals surface area contributed by atoms with Gasteiger partial charge in [-0.3, -0.25) is 0 Å². The Morgan fingerprint density at radius 3 is 0.681 bits per heavy atom. The summed E-state index contributed by atoms with van der Waals surface area (Å²) in [4.78, 5) is 0. The van der Waals surface area contributed by atoms with Crippen molar-refractivity contribution in [3.63, 3.8) is 0 Å². The molecule has 0 amide bonds. The van der Waals surface area contributed by atoms with E-state index in [0.29, 0.717) is 0 Å². The van der Waals surface area contributed by atoms with Gasteiger partial charge in [-0.05, 0) is 169 Å². The maximum absolute atomic E-state index is 3.74. The molecule has 0 saturated heterocycles. The number of unbranched alkanes of at least 4 members (excludes halogenated alkanes) is 10. The van der Waals surface area contributed by atoms with Gasteiger partial charge < -0.3 is 0 Å².